The number of anilines is 2. The summed E-state index contributed by atoms with van der Waals surface area (Å²) in [5, 5.41) is -0.0677. The lowest BCUT2D eigenvalue weighted by molar-refractivity contribution is -0.146. The second-order valence-electron chi connectivity index (χ2n) is 11.1. The van der Waals surface area contributed by atoms with Gasteiger partial charge in [-0.1, -0.05) is 56.5 Å². The third-order valence-corrected chi connectivity index (χ3v) is 8.33. The van der Waals surface area contributed by atoms with Crippen LogP contribution in [0.25, 0.3) is 0 Å². The molecule has 0 bridgehead atoms. The maximum atomic E-state index is 14.5. The molecule has 0 spiro atoms. The Labute approximate surface area is 285 Å². The van der Waals surface area contributed by atoms with Crippen LogP contribution in [0.5, 0.6) is 5.75 Å². The number of esters is 1. The van der Waals surface area contributed by atoms with Crippen LogP contribution in [0.3, 0.4) is 0 Å². The zero-order valence-corrected chi connectivity index (χ0v) is 29.0. The highest BCUT2D eigenvalue weighted by Crippen LogP contribution is 2.39. The van der Waals surface area contributed by atoms with Gasteiger partial charge in [0.1, 0.15) is 24.2 Å². The average Bonchev–Trinajstić information content (AvgIpc) is 3.32. The van der Waals surface area contributed by atoms with Crippen molar-refractivity contribution in [3.8, 4) is 5.75 Å². The molecule has 2 aromatic carbocycles. The number of imide groups is 1. The van der Waals surface area contributed by atoms with Gasteiger partial charge in [0.15, 0.2) is 6.61 Å². The third kappa shape index (κ3) is 9.78. The van der Waals surface area contributed by atoms with Crippen molar-refractivity contribution in [2.75, 3.05) is 42.2 Å². The third-order valence-electron chi connectivity index (χ3n) is 7.80. The molecule has 4 rings (SSSR count). The molecule has 0 radical (unpaired) electrons. The Bertz CT molecular complexity index is 1450. The second kappa shape index (κ2) is 18.8. The SMILES string of the molecule is CCCCCOC(=O)COc1cc(N2C(=O)C3=C(CCCC3)C2=O)c(F)cc1Cl.CCOCN(C(=O)CCl)c1c(C)cccc1CC. The Morgan fingerprint density at radius 3 is 2.30 bits per heavy atom. The molecular weight excluding hydrogens is 650 g/mol. The summed E-state index contributed by atoms with van der Waals surface area (Å²) in [6, 6.07) is 8.17. The van der Waals surface area contributed by atoms with Crippen molar-refractivity contribution < 1.29 is 37.8 Å². The van der Waals surface area contributed by atoms with E-state index in [-0.39, 0.29) is 35.0 Å². The van der Waals surface area contributed by atoms with Gasteiger partial charge in [0.2, 0.25) is 5.91 Å². The van der Waals surface area contributed by atoms with Crippen molar-refractivity contribution in [3.63, 3.8) is 0 Å². The van der Waals surface area contributed by atoms with Crippen LogP contribution >= 0.6 is 23.2 Å². The Morgan fingerprint density at radius 1 is 1.02 bits per heavy atom. The number of carbonyl (C=O) groups excluding carboxylic acids is 4. The van der Waals surface area contributed by atoms with Gasteiger partial charge in [0, 0.05) is 23.8 Å². The number of aryl methyl sites for hydroxylation is 2. The molecule has 2 aliphatic rings. The van der Waals surface area contributed by atoms with Crippen LogP contribution in [0.4, 0.5) is 15.8 Å². The summed E-state index contributed by atoms with van der Waals surface area (Å²) in [4.78, 5) is 51.5. The van der Waals surface area contributed by atoms with Gasteiger partial charge in [-0.15, -0.1) is 11.6 Å². The predicted octanol–water partition coefficient (Wildman–Crippen LogP) is 7.46. The minimum Gasteiger partial charge on any atom is -0.480 e. The van der Waals surface area contributed by atoms with Crippen molar-refractivity contribution >= 4 is 58.3 Å². The molecule has 0 fully saturated rings. The van der Waals surface area contributed by atoms with Gasteiger partial charge in [0.05, 0.1) is 23.0 Å². The van der Waals surface area contributed by atoms with Crippen LogP contribution in [-0.4, -0.2) is 56.1 Å². The van der Waals surface area contributed by atoms with E-state index in [1.807, 2.05) is 39.0 Å². The van der Waals surface area contributed by atoms with E-state index in [1.54, 1.807) is 4.90 Å². The van der Waals surface area contributed by atoms with Crippen molar-refractivity contribution in [3.05, 3.63) is 63.4 Å². The monoisotopic (exact) mass is 692 g/mol. The molecule has 256 valence electrons. The number of halogens is 3. The first-order chi connectivity index (χ1) is 22.6. The molecule has 0 saturated carbocycles. The summed E-state index contributed by atoms with van der Waals surface area (Å²) in [5.74, 6) is -2.57. The topological polar surface area (TPSA) is 102 Å². The van der Waals surface area contributed by atoms with Gasteiger partial charge in [0.25, 0.3) is 11.8 Å². The quantitative estimate of drug-likeness (QED) is 0.0666. The summed E-state index contributed by atoms with van der Waals surface area (Å²) in [6.45, 7) is 8.72. The zero-order chi connectivity index (χ0) is 34.5. The Morgan fingerprint density at radius 2 is 1.70 bits per heavy atom. The number of benzene rings is 2. The fourth-order valence-electron chi connectivity index (χ4n) is 5.38. The van der Waals surface area contributed by atoms with Crippen LogP contribution in [0, 0.1) is 12.7 Å². The predicted molar refractivity (Wildman–Crippen MR) is 181 cm³/mol. The fraction of sp³-hybridized carbons (Fsp3) is 0.486. The first-order valence-corrected chi connectivity index (χ1v) is 16.9. The molecule has 1 heterocycles. The van der Waals surface area contributed by atoms with E-state index < -0.39 is 30.2 Å². The number of unbranched alkanes of at least 4 members (excludes halogenated alkanes) is 2. The fourth-order valence-corrected chi connectivity index (χ4v) is 5.73. The largest absolute Gasteiger partial charge is 0.480 e. The van der Waals surface area contributed by atoms with Crippen molar-refractivity contribution in [2.45, 2.75) is 79.1 Å². The maximum absolute atomic E-state index is 14.5. The van der Waals surface area contributed by atoms with Crippen LogP contribution < -0.4 is 14.5 Å². The highest BCUT2D eigenvalue weighted by atomic mass is 35.5. The Hall–Kier alpha value is -3.47. The molecule has 9 nitrogen and oxygen atoms in total. The lowest BCUT2D eigenvalue weighted by atomic mass is 9.93. The van der Waals surface area contributed by atoms with Gasteiger partial charge >= 0.3 is 5.97 Å². The number of ether oxygens (including phenoxy) is 3. The van der Waals surface area contributed by atoms with Gasteiger partial charge in [-0.2, -0.15) is 0 Å². The summed E-state index contributed by atoms with van der Waals surface area (Å²) < 4.78 is 30.3. The number of rotatable bonds is 14. The molecule has 47 heavy (non-hydrogen) atoms. The number of nitrogens with zero attached hydrogens (tertiary/aromatic N) is 2. The number of para-hydroxylation sites is 1. The standard InChI is InChI=1S/C21H23ClFNO5.C14H20ClNO2/c1-2-3-6-9-28-19(25)12-29-18-11-17(16(23)10-15(18)22)24-20(26)13-7-4-5-8-14(13)21(24)27;1-4-12-8-6-7-11(3)14(12)16(10-18-5-2)13(17)9-15/h10-11H,2-9,12H2,1H3;6-8H,4-5,9-10H2,1-3H3. The van der Waals surface area contributed by atoms with Crippen LogP contribution in [0.2, 0.25) is 5.02 Å². The summed E-state index contributed by atoms with van der Waals surface area (Å²) in [5.41, 5.74) is 3.80. The average molecular weight is 694 g/mol. The first-order valence-electron chi connectivity index (χ1n) is 16.0. The van der Waals surface area contributed by atoms with E-state index >= 15 is 0 Å². The normalized spacial score (nSPS) is 14.1. The number of amides is 3. The van der Waals surface area contributed by atoms with Crippen LogP contribution in [0.1, 0.15) is 76.8 Å². The highest BCUT2D eigenvalue weighted by Gasteiger charge is 2.41. The van der Waals surface area contributed by atoms with E-state index in [4.69, 9.17) is 37.4 Å². The molecule has 1 aliphatic carbocycles. The number of carbonyl (C=O) groups is 4. The molecule has 0 N–H and O–H groups in total. The molecule has 0 atom stereocenters. The molecule has 0 saturated heterocycles. The summed E-state index contributed by atoms with van der Waals surface area (Å²) in [6.07, 6.45) is 6.27. The summed E-state index contributed by atoms with van der Waals surface area (Å²) in [7, 11) is 0. The molecule has 0 unspecified atom stereocenters. The molecular formula is C35H43Cl2FN2O7. The van der Waals surface area contributed by atoms with Gasteiger partial charge in [-0.3, -0.25) is 19.3 Å². The zero-order valence-electron chi connectivity index (χ0n) is 27.5. The first kappa shape index (κ1) is 38.0. The van der Waals surface area contributed by atoms with E-state index in [2.05, 4.69) is 6.92 Å². The maximum Gasteiger partial charge on any atom is 0.344 e. The van der Waals surface area contributed by atoms with Crippen LogP contribution in [-0.2, 0) is 35.1 Å². The van der Waals surface area contributed by atoms with Gasteiger partial charge in [-0.25, -0.2) is 14.1 Å². The van der Waals surface area contributed by atoms with E-state index in [9.17, 15) is 23.6 Å². The molecule has 0 aromatic heterocycles. The van der Waals surface area contributed by atoms with Crippen molar-refractivity contribution in [2.24, 2.45) is 0 Å². The number of hydrogen-bond acceptors (Lipinski definition) is 7. The van der Waals surface area contributed by atoms with Gasteiger partial charge < -0.3 is 14.2 Å². The Balaban J connectivity index is 0.000000287. The Kier molecular flexibility index (Phi) is 15.2. The van der Waals surface area contributed by atoms with E-state index in [0.29, 0.717) is 37.2 Å². The molecule has 1 aliphatic heterocycles. The molecule has 3 amide bonds. The number of alkyl halides is 1. The smallest absolute Gasteiger partial charge is 0.344 e. The molecule has 2 aromatic rings. The highest BCUT2D eigenvalue weighted by molar-refractivity contribution is 6.34. The van der Waals surface area contributed by atoms with Crippen molar-refractivity contribution in [1.82, 2.24) is 0 Å². The van der Waals surface area contributed by atoms with Gasteiger partial charge in [-0.05, 0) is 69.6 Å². The minimum absolute atomic E-state index is 0.000883. The van der Waals surface area contributed by atoms with Crippen molar-refractivity contribution in [1.29, 1.82) is 0 Å². The van der Waals surface area contributed by atoms with Crippen LogP contribution in [0.15, 0.2) is 41.5 Å². The minimum atomic E-state index is -0.814. The van der Waals surface area contributed by atoms with E-state index in [1.165, 1.54) is 6.07 Å². The van der Waals surface area contributed by atoms with E-state index in [0.717, 1.165) is 66.3 Å². The summed E-state index contributed by atoms with van der Waals surface area (Å²) >= 11 is 11.7. The lowest BCUT2D eigenvalue weighted by Gasteiger charge is -2.25. The lowest BCUT2D eigenvalue weighted by Crippen LogP contribution is -2.35. The number of hydrogen-bond donors (Lipinski definition) is 0. The second-order valence-corrected chi connectivity index (χ2v) is 11.7. The molecule has 12 heteroatoms.